The van der Waals surface area contributed by atoms with E-state index < -0.39 is 0 Å². The van der Waals surface area contributed by atoms with E-state index in [1.807, 2.05) is 19.2 Å². The van der Waals surface area contributed by atoms with Crippen LogP contribution in [-0.2, 0) is 11.3 Å². The molecule has 0 radical (unpaired) electrons. The number of hydrogen-bond donors (Lipinski definition) is 1. The fourth-order valence-electron chi connectivity index (χ4n) is 2.34. The molecule has 1 aliphatic rings. The van der Waals surface area contributed by atoms with Gasteiger partial charge in [0.15, 0.2) is 5.96 Å². The maximum absolute atomic E-state index is 5.73. The lowest BCUT2D eigenvalue weighted by Crippen LogP contribution is -2.40. The molecule has 0 unspecified atom stereocenters. The number of aromatic nitrogens is 1. The topological polar surface area (TPSA) is 59.0 Å². The summed E-state index contributed by atoms with van der Waals surface area (Å²) in [5, 5.41) is 3.34. The molecule has 0 bridgehead atoms. The van der Waals surface area contributed by atoms with Gasteiger partial charge in [0.25, 0.3) is 0 Å². The number of rotatable bonds is 11. The molecule has 0 atom stereocenters. The van der Waals surface area contributed by atoms with Gasteiger partial charge in [0.2, 0.25) is 5.88 Å². The number of likely N-dealkylation sites (N-methyl/N-ethyl adjacent to an activating group) is 1. The predicted molar refractivity (Wildman–Crippen MR) is 101 cm³/mol. The van der Waals surface area contributed by atoms with Crippen molar-refractivity contribution in [1.29, 1.82) is 0 Å². The van der Waals surface area contributed by atoms with Crippen LogP contribution in [0.1, 0.15) is 38.7 Å². The van der Waals surface area contributed by atoms with Gasteiger partial charge in [0, 0.05) is 38.5 Å². The van der Waals surface area contributed by atoms with Gasteiger partial charge < -0.3 is 19.7 Å². The molecule has 1 fully saturated rings. The first kappa shape index (κ1) is 19.5. The summed E-state index contributed by atoms with van der Waals surface area (Å²) in [5.74, 6) is 2.36. The molecule has 140 valence electrons. The van der Waals surface area contributed by atoms with Crippen molar-refractivity contribution >= 4 is 5.96 Å². The number of nitrogens with one attached hydrogen (secondary N) is 1. The Bertz CT molecular complexity index is 532. The van der Waals surface area contributed by atoms with Gasteiger partial charge in [0.05, 0.1) is 19.8 Å². The van der Waals surface area contributed by atoms with Crippen molar-refractivity contribution < 1.29 is 9.47 Å². The Morgan fingerprint density at radius 3 is 2.92 bits per heavy atom. The van der Waals surface area contributed by atoms with Gasteiger partial charge in [-0.1, -0.05) is 13.0 Å². The highest BCUT2D eigenvalue weighted by Crippen LogP contribution is 2.28. The first-order valence-corrected chi connectivity index (χ1v) is 9.38. The highest BCUT2D eigenvalue weighted by molar-refractivity contribution is 5.79. The van der Waals surface area contributed by atoms with Gasteiger partial charge in [0.1, 0.15) is 0 Å². The smallest absolute Gasteiger partial charge is 0.218 e. The van der Waals surface area contributed by atoms with E-state index in [-0.39, 0.29) is 0 Å². The highest BCUT2D eigenvalue weighted by atomic mass is 16.5. The Morgan fingerprint density at radius 2 is 2.20 bits per heavy atom. The number of ether oxygens (including phenoxy) is 2. The Hall–Kier alpha value is -1.82. The molecule has 1 aromatic heterocycles. The Balaban J connectivity index is 1.88. The average molecular weight is 348 g/mol. The largest absolute Gasteiger partial charge is 0.477 e. The SMILES string of the molecule is CCCOc1ncccc1CN=C(NCC)N(C)CCOCC1CC1. The molecule has 0 aliphatic heterocycles. The zero-order valence-electron chi connectivity index (χ0n) is 15.8. The summed E-state index contributed by atoms with van der Waals surface area (Å²) >= 11 is 0. The lowest BCUT2D eigenvalue weighted by atomic mass is 10.3. The van der Waals surface area contributed by atoms with Gasteiger partial charge in [-0.25, -0.2) is 9.98 Å². The van der Waals surface area contributed by atoms with Gasteiger partial charge in [-0.15, -0.1) is 0 Å². The lowest BCUT2D eigenvalue weighted by molar-refractivity contribution is 0.115. The Morgan fingerprint density at radius 1 is 1.36 bits per heavy atom. The number of nitrogens with zero attached hydrogens (tertiary/aromatic N) is 3. The summed E-state index contributed by atoms with van der Waals surface area (Å²) < 4.78 is 11.4. The molecule has 0 amide bonds. The van der Waals surface area contributed by atoms with Gasteiger partial charge in [-0.05, 0) is 38.2 Å². The summed E-state index contributed by atoms with van der Waals surface area (Å²) in [4.78, 5) is 11.2. The molecule has 6 heteroatoms. The molecule has 1 aliphatic carbocycles. The predicted octanol–water partition coefficient (Wildman–Crippen LogP) is 2.69. The fourth-order valence-corrected chi connectivity index (χ4v) is 2.34. The van der Waals surface area contributed by atoms with E-state index in [1.165, 1.54) is 12.8 Å². The molecule has 0 saturated heterocycles. The van der Waals surface area contributed by atoms with E-state index in [0.717, 1.165) is 50.2 Å². The van der Waals surface area contributed by atoms with Crippen molar-refractivity contribution in [2.24, 2.45) is 10.9 Å². The quantitative estimate of drug-likeness (QED) is 0.378. The molecular formula is C19H32N4O2. The van der Waals surface area contributed by atoms with E-state index in [4.69, 9.17) is 14.5 Å². The van der Waals surface area contributed by atoms with E-state index in [2.05, 4.69) is 29.0 Å². The molecule has 25 heavy (non-hydrogen) atoms. The molecule has 6 nitrogen and oxygen atoms in total. The first-order chi connectivity index (χ1) is 12.2. The molecule has 0 aromatic carbocycles. The van der Waals surface area contributed by atoms with Crippen molar-refractivity contribution in [2.75, 3.05) is 40.0 Å². The second-order valence-corrected chi connectivity index (χ2v) is 6.43. The summed E-state index contributed by atoms with van der Waals surface area (Å²) in [6, 6.07) is 3.94. The van der Waals surface area contributed by atoms with Gasteiger partial charge in [-0.3, -0.25) is 0 Å². The number of pyridine rings is 1. The van der Waals surface area contributed by atoms with E-state index in [0.29, 0.717) is 19.0 Å². The molecule has 1 heterocycles. The molecular weight excluding hydrogens is 316 g/mol. The highest BCUT2D eigenvalue weighted by Gasteiger charge is 2.21. The third-order valence-electron chi connectivity index (χ3n) is 4.01. The summed E-state index contributed by atoms with van der Waals surface area (Å²) in [5.41, 5.74) is 1.00. The van der Waals surface area contributed by atoms with Crippen molar-refractivity contribution in [3.8, 4) is 5.88 Å². The van der Waals surface area contributed by atoms with Crippen molar-refractivity contribution in [2.45, 2.75) is 39.7 Å². The van der Waals surface area contributed by atoms with Crippen molar-refractivity contribution in [1.82, 2.24) is 15.2 Å². The minimum absolute atomic E-state index is 0.544. The summed E-state index contributed by atoms with van der Waals surface area (Å²) in [7, 11) is 2.04. The Kier molecular flexibility index (Phi) is 8.52. The van der Waals surface area contributed by atoms with Crippen LogP contribution in [0.25, 0.3) is 0 Å². The molecule has 1 aromatic rings. The van der Waals surface area contributed by atoms with Crippen molar-refractivity contribution in [3.63, 3.8) is 0 Å². The standard InChI is InChI=1S/C19H32N4O2/c1-4-12-25-18-17(7-6-10-21-18)14-22-19(20-5-2)23(3)11-13-24-15-16-8-9-16/h6-7,10,16H,4-5,8-9,11-15H2,1-3H3,(H,20,22). The van der Waals surface area contributed by atoms with Crippen LogP contribution in [-0.4, -0.2) is 55.8 Å². The third kappa shape index (κ3) is 7.30. The zero-order valence-corrected chi connectivity index (χ0v) is 15.8. The summed E-state index contributed by atoms with van der Waals surface area (Å²) in [6.45, 7) is 8.67. The Labute approximate surface area is 151 Å². The maximum Gasteiger partial charge on any atom is 0.218 e. The zero-order chi connectivity index (χ0) is 17.9. The van der Waals surface area contributed by atoms with E-state index in [9.17, 15) is 0 Å². The number of hydrogen-bond acceptors (Lipinski definition) is 4. The monoisotopic (exact) mass is 348 g/mol. The van der Waals surface area contributed by atoms with Crippen LogP contribution in [0.15, 0.2) is 23.3 Å². The third-order valence-corrected chi connectivity index (χ3v) is 4.01. The first-order valence-electron chi connectivity index (χ1n) is 9.38. The molecule has 2 rings (SSSR count). The second-order valence-electron chi connectivity index (χ2n) is 6.43. The van der Waals surface area contributed by atoms with Crippen LogP contribution in [0.2, 0.25) is 0 Å². The molecule has 1 N–H and O–H groups in total. The lowest BCUT2D eigenvalue weighted by Gasteiger charge is -2.22. The molecule has 0 spiro atoms. The van der Waals surface area contributed by atoms with Crippen LogP contribution < -0.4 is 10.1 Å². The minimum atomic E-state index is 0.544. The minimum Gasteiger partial charge on any atom is -0.477 e. The van der Waals surface area contributed by atoms with Crippen LogP contribution in [0, 0.1) is 5.92 Å². The van der Waals surface area contributed by atoms with Gasteiger partial charge in [-0.2, -0.15) is 0 Å². The van der Waals surface area contributed by atoms with Crippen molar-refractivity contribution in [3.05, 3.63) is 23.9 Å². The average Bonchev–Trinajstić information content (AvgIpc) is 3.45. The summed E-state index contributed by atoms with van der Waals surface area (Å²) in [6.07, 6.45) is 5.37. The maximum atomic E-state index is 5.73. The van der Waals surface area contributed by atoms with E-state index in [1.54, 1.807) is 6.20 Å². The molecule has 1 saturated carbocycles. The number of guanidine groups is 1. The van der Waals surface area contributed by atoms with Crippen LogP contribution in [0.3, 0.4) is 0 Å². The van der Waals surface area contributed by atoms with Crippen LogP contribution >= 0.6 is 0 Å². The fraction of sp³-hybridized carbons (Fsp3) is 0.684. The number of aliphatic imine (C=N–C) groups is 1. The van der Waals surface area contributed by atoms with Crippen LogP contribution in [0.4, 0.5) is 0 Å². The van der Waals surface area contributed by atoms with Crippen LogP contribution in [0.5, 0.6) is 5.88 Å². The van der Waals surface area contributed by atoms with Gasteiger partial charge >= 0.3 is 0 Å². The second kappa shape index (κ2) is 10.9. The normalized spacial score (nSPS) is 14.4. The van der Waals surface area contributed by atoms with E-state index >= 15 is 0 Å².